The molecule has 6 heteroatoms. The quantitative estimate of drug-likeness (QED) is 0.776. The summed E-state index contributed by atoms with van der Waals surface area (Å²) in [6, 6.07) is 1.51. The second-order valence-electron chi connectivity index (χ2n) is 3.80. The van der Waals surface area contributed by atoms with Crippen LogP contribution >= 0.6 is 0 Å². The maximum atomic E-state index is 11.5. The highest BCUT2D eigenvalue weighted by molar-refractivity contribution is 7.90. The van der Waals surface area contributed by atoms with Crippen LogP contribution in [0.4, 0.5) is 0 Å². The van der Waals surface area contributed by atoms with Crippen LogP contribution in [-0.2, 0) is 14.6 Å². The largest absolute Gasteiger partial charge is 0.484 e. The van der Waals surface area contributed by atoms with Crippen LogP contribution in [0.5, 0.6) is 5.75 Å². The highest BCUT2D eigenvalue weighted by Crippen LogP contribution is 2.21. The van der Waals surface area contributed by atoms with Crippen LogP contribution in [0.1, 0.15) is 5.69 Å². The Balaban J connectivity index is 2.27. The van der Waals surface area contributed by atoms with Crippen molar-refractivity contribution in [3.8, 4) is 5.75 Å². The van der Waals surface area contributed by atoms with Crippen LogP contribution in [0.2, 0.25) is 0 Å². The van der Waals surface area contributed by atoms with Gasteiger partial charge in [0.15, 0.2) is 9.84 Å². The van der Waals surface area contributed by atoms with E-state index in [1.807, 2.05) is 0 Å². The third-order valence-corrected chi connectivity index (χ3v) is 3.54. The van der Waals surface area contributed by atoms with E-state index >= 15 is 0 Å². The summed E-state index contributed by atoms with van der Waals surface area (Å²) in [5.41, 5.74) is 0.486. The van der Waals surface area contributed by atoms with Gasteiger partial charge in [-0.1, -0.05) is 0 Å². The molecule has 0 atom stereocenters. The van der Waals surface area contributed by atoms with Crippen molar-refractivity contribution >= 4 is 9.84 Å². The fourth-order valence-corrected chi connectivity index (χ4v) is 2.33. The van der Waals surface area contributed by atoms with Crippen LogP contribution in [0, 0.1) is 6.92 Å². The Morgan fingerprint density at radius 2 is 2.19 bits per heavy atom. The van der Waals surface area contributed by atoms with E-state index in [4.69, 9.17) is 9.47 Å². The van der Waals surface area contributed by atoms with Crippen molar-refractivity contribution in [2.75, 3.05) is 19.5 Å². The normalized spacial score (nSPS) is 16.9. The molecule has 1 aliphatic rings. The maximum Gasteiger partial charge on any atom is 0.177 e. The van der Waals surface area contributed by atoms with Crippen LogP contribution in [-0.4, -0.2) is 39.0 Å². The average molecular weight is 243 g/mol. The molecule has 1 fully saturated rings. The lowest BCUT2D eigenvalue weighted by atomic mass is 10.3. The molecule has 0 amide bonds. The minimum atomic E-state index is -3.25. The summed E-state index contributed by atoms with van der Waals surface area (Å²) >= 11 is 0. The zero-order chi connectivity index (χ0) is 11.8. The van der Waals surface area contributed by atoms with Gasteiger partial charge in [0.1, 0.15) is 11.9 Å². The molecule has 16 heavy (non-hydrogen) atoms. The lowest BCUT2D eigenvalue weighted by Crippen LogP contribution is -2.38. The molecule has 1 aromatic rings. The van der Waals surface area contributed by atoms with E-state index in [0.717, 1.165) is 6.26 Å². The van der Waals surface area contributed by atoms with Gasteiger partial charge in [0.2, 0.25) is 0 Å². The Morgan fingerprint density at radius 1 is 1.50 bits per heavy atom. The third-order valence-electron chi connectivity index (χ3n) is 2.33. The summed E-state index contributed by atoms with van der Waals surface area (Å²) in [5, 5.41) is 0. The molecule has 88 valence electrons. The van der Waals surface area contributed by atoms with Gasteiger partial charge in [-0.15, -0.1) is 0 Å². The molecule has 2 heterocycles. The summed E-state index contributed by atoms with van der Waals surface area (Å²) in [7, 11) is -3.25. The van der Waals surface area contributed by atoms with Crippen molar-refractivity contribution in [1.82, 2.24) is 4.98 Å². The molecule has 1 aliphatic heterocycles. The number of pyridine rings is 1. The monoisotopic (exact) mass is 243 g/mol. The molecule has 0 radical (unpaired) electrons. The second kappa shape index (κ2) is 4.03. The maximum absolute atomic E-state index is 11.5. The van der Waals surface area contributed by atoms with Gasteiger partial charge >= 0.3 is 0 Å². The molecule has 1 aromatic heterocycles. The molecule has 0 bridgehead atoms. The van der Waals surface area contributed by atoms with Gasteiger partial charge in [0, 0.05) is 12.3 Å². The van der Waals surface area contributed by atoms with Crippen LogP contribution < -0.4 is 4.74 Å². The van der Waals surface area contributed by atoms with Crippen LogP contribution in [0.25, 0.3) is 0 Å². The van der Waals surface area contributed by atoms with Gasteiger partial charge in [-0.3, -0.25) is 4.98 Å². The Bertz CT molecular complexity index is 494. The van der Waals surface area contributed by atoms with Gasteiger partial charge in [0.25, 0.3) is 0 Å². The zero-order valence-corrected chi connectivity index (χ0v) is 9.95. The number of sulfone groups is 1. The number of aryl methyl sites for hydroxylation is 1. The van der Waals surface area contributed by atoms with Gasteiger partial charge < -0.3 is 9.47 Å². The lowest BCUT2D eigenvalue weighted by Gasteiger charge is -2.26. The predicted octanol–water partition coefficient (Wildman–Crippen LogP) is 0.571. The van der Waals surface area contributed by atoms with Gasteiger partial charge in [0.05, 0.1) is 30.0 Å². The van der Waals surface area contributed by atoms with E-state index in [1.165, 1.54) is 12.3 Å². The second-order valence-corrected chi connectivity index (χ2v) is 5.79. The lowest BCUT2D eigenvalue weighted by molar-refractivity contribution is -0.0798. The summed E-state index contributed by atoms with van der Waals surface area (Å²) in [5.74, 6) is 0.472. The fraction of sp³-hybridized carbons (Fsp3) is 0.500. The molecule has 1 saturated heterocycles. The summed E-state index contributed by atoms with van der Waals surface area (Å²) in [4.78, 5) is 4.23. The van der Waals surface area contributed by atoms with Gasteiger partial charge in [-0.25, -0.2) is 8.42 Å². The molecule has 0 unspecified atom stereocenters. The predicted molar refractivity (Wildman–Crippen MR) is 57.3 cm³/mol. The van der Waals surface area contributed by atoms with Crippen molar-refractivity contribution in [3.63, 3.8) is 0 Å². The number of ether oxygens (including phenoxy) is 2. The molecule has 0 aromatic carbocycles. The first kappa shape index (κ1) is 11.3. The smallest absolute Gasteiger partial charge is 0.177 e. The van der Waals surface area contributed by atoms with Crippen LogP contribution in [0.15, 0.2) is 17.2 Å². The molecule has 0 N–H and O–H groups in total. The number of hydrogen-bond donors (Lipinski definition) is 0. The van der Waals surface area contributed by atoms with Crippen LogP contribution in [0.3, 0.4) is 0 Å². The molecular formula is C10H13NO4S. The fourth-order valence-electron chi connectivity index (χ4n) is 1.41. The van der Waals surface area contributed by atoms with E-state index in [0.29, 0.717) is 24.7 Å². The van der Waals surface area contributed by atoms with E-state index < -0.39 is 9.84 Å². The van der Waals surface area contributed by atoms with Crippen molar-refractivity contribution in [1.29, 1.82) is 0 Å². The number of hydrogen-bond acceptors (Lipinski definition) is 5. The van der Waals surface area contributed by atoms with Gasteiger partial charge in [-0.05, 0) is 6.92 Å². The van der Waals surface area contributed by atoms with E-state index in [-0.39, 0.29) is 11.0 Å². The minimum Gasteiger partial charge on any atom is -0.484 e. The molecule has 0 saturated carbocycles. The first-order valence-electron chi connectivity index (χ1n) is 4.88. The first-order valence-corrected chi connectivity index (χ1v) is 6.77. The molecule has 2 rings (SSSR count). The van der Waals surface area contributed by atoms with Crippen molar-refractivity contribution in [2.24, 2.45) is 0 Å². The number of aromatic nitrogens is 1. The molecule has 0 aliphatic carbocycles. The molecule has 0 spiro atoms. The minimum absolute atomic E-state index is 0.0110. The Labute approximate surface area is 94.3 Å². The standard InChI is InChI=1S/C10H13NO4S/c1-7-10(16(2,12)13)3-8(4-11-7)15-9-5-14-6-9/h3-4,9H,5-6H2,1-2H3. The zero-order valence-electron chi connectivity index (χ0n) is 9.13. The highest BCUT2D eigenvalue weighted by atomic mass is 32.2. The van der Waals surface area contributed by atoms with E-state index in [1.54, 1.807) is 6.92 Å². The number of nitrogens with zero attached hydrogens (tertiary/aromatic N) is 1. The third kappa shape index (κ3) is 2.33. The van der Waals surface area contributed by atoms with Crippen molar-refractivity contribution in [2.45, 2.75) is 17.9 Å². The first-order chi connectivity index (χ1) is 7.47. The molecule has 5 nitrogen and oxygen atoms in total. The van der Waals surface area contributed by atoms with Gasteiger partial charge in [-0.2, -0.15) is 0 Å². The van der Waals surface area contributed by atoms with Crippen molar-refractivity contribution in [3.05, 3.63) is 18.0 Å². The average Bonchev–Trinajstić information content (AvgIpc) is 2.12. The summed E-state index contributed by atoms with van der Waals surface area (Å²) in [6.45, 7) is 2.75. The van der Waals surface area contributed by atoms with E-state index in [2.05, 4.69) is 4.98 Å². The Hall–Kier alpha value is -1.14. The Kier molecular flexibility index (Phi) is 2.86. The summed E-state index contributed by atoms with van der Waals surface area (Å²) < 4.78 is 33.4. The van der Waals surface area contributed by atoms with Crippen molar-refractivity contribution < 1.29 is 17.9 Å². The van der Waals surface area contributed by atoms with E-state index in [9.17, 15) is 8.42 Å². The highest BCUT2D eigenvalue weighted by Gasteiger charge is 2.21. The topological polar surface area (TPSA) is 65.5 Å². The Morgan fingerprint density at radius 3 is 2.69 bits per heavy atom. The summed E-state index contributed by atoms with van der Waals surface area (Å²) in [6.07, 6.45) is 2.70. The number of rotatable bonds is 3. The molecular weight excluding hydrogens is 230 g/mol. The SMILES string of the molecule is Cc1ncc(OC2COC2)cc1S(C)(=O)=O.